The molecule has 2 aromatic rings. The van der Waals surface area contributed by atoms with Gasteiger partial charge >= 0.3 is 17.9 Å². The maximum absolute atomic E-state index is 15.5. The molecule has 0 aromatic heterocycles. The van der Waals surface area contributed by atoms with Crippen molar-refractivity contribution >= 4 is 183 Å². The van der Waals surface area contributed by atoms with Gasteiger partial charge in [-0.25, -0.2) is 0 Å². The number of thioether (sulfide) groups is 3. The first-order chi connectivity index (χ1) is 71.0. The predicted molar refractivity (Wildman–Crippen MR) is 539 cm³/mol. The van der Waals surface area contributed by atoms with Gasteiger partial charge in [0.2, 0.25) is 130 Å². The zero-order chi connectivity index (χ0) is 111. The summed E-state index contributed by atoms with van der Waals surface area (Å²) < 4.78 is 0. The second-order valence-electron chi connectivity index (χ2n) is 36.7. The minimum absolute atomic E-state index is 0.0149. The molecule has 17 atom stereocenters. The van der Waals surface area contributed by atoms with Crippen LogP contribution in [0.25, 0.3) is 0 Å². The number of amides is 22. The highest BCUT2D eigenvalue weighted by Crippen LogP contribution is 2.25. The summed E-state index contributed by atoms with van der Waals surface area (Å²) in [5.74, 6) is -31.5. The van der Waals surface area contributed by atoms with Crippen molar-refractivity contribution in [2.24, 2.45) is 23.1 Å². The third kappa shape index (κ3) is 42.4. The summed E-state index contributed by atoms with van der Waals surface area (Å²) in [6.07, 6.45) is -6.67. The molecule has 4 saturated heterocycles. The van der Waals surface area contributed by atoms with Gasteiger partial charge in [0, 0.05) is 87.2 Å². The lowest BCUT2D eigenvalue weighted by atomic mass is 9.97. The average molecular weight is 2170 g/mol. The molecule has 4 aliphatic rings. The fourth-order valence-electron chi connectivity index (χ4n) is 15.8. The van der Waals surface area contributed by atoms with Crippen molar-refractivity contribution in [3.8, 4) is 11.5 Å². The quantitative estimate of drug-likeness (QED) is 0.0312. The SMILES string of the molecule is CCCC[C@@H]1NC(=O)[C@H](Cc2ccc(O)cc2)NC(=O)[C@@H]2CCCN2C(=O)[C@H](CC(=O)O)NC(=O)[C@H](C)NC(=O)[C@H](CCCCN)NC(=O)[C@@H]2CSCC(=O)N3CN(CN(C3)C(=O)CCSC[C@@H](C(=O)N[C@@H](C)C(N)=O)NC1=O)C(=O)CCSC[C@H](NC(=O)[C@H](C)NC(C)=O)C(=O)N[C@@H]([C@@H](C)CC)C(=O)N[C@@H](CCC(=O)O)C(=O)N[C@@H](CCCC(=O)O)C(=O)NCC(=O)N[C@@H](CCC(N)=O)C(=O)N[C@@H](Cc1ccc(O)cc1)C(=O)N2. The first-order valence-corrected chi connectivity index (χ1v) is 52.6. The van der Waals surface area contributed by atoms with E-state index in [2.05, 4.69) is 85.1 Å². The van der Waals surface area contributed by atoms with Gasteiger partial charge in [-0.3, -0.25) is 120 Å². The molecule has 27 N–H and O–H groups in total. The van der Waals surface area contributed by atoms with E-state index in [1.165, 1.54) is 69.3 Å². The topological polar surface area (TPSA) is 811 Å². The first kappa shape index (κ1) is 124. The number of hydrogen-bond donors (Lipinski definition) is 24. The summed E-state index contributed by atoms with van der Waals surface area (Å²) in [6.45, 7) is 6.61. The van der Waals surface area contributed by atoms with Crippen LogP contribution in [-0.2, 0) is 133 Å². The highest BCUT2D eigenvalue weighted by atomic mass is 32.2. The molecule has 150 heavy (non-hydrogen) atoms. The average Bonchev–Trinajstić information content (AvgIpc) is 1.60. The zero-order valence-corrected chi connectivity index (χ0v) is 86.9. The number of carbonyl (C=O) groups excluding carboxylic acids is 22. The van der Waals surface area contributed by atoms with Gasteiger partial charge in [0.15, 0.2) is 0 Å². The molecule has 0 radical (unpaired) electrons. The number of phenolic OH excluding ortho intramolecular Hbond substituents is 2. The number of fused-ring (bicyclic) bond motifs is 7. The molecule has 828 valence electrons. The zero-order valence-electron chi connectivity index (χ0n) is 84.5. The lowest BCUT2D eigenvalue weighted by Gasteiger charge is -2.42. The normalized spacial score (nSPS) is 24.5. The molecule has 0 unspecified atom stereocenters. The monoisotopic (exact) mass is 2170 g/mol. The fourth-order valence-corrected chi connectivity index (χ4v) is 18.7. The number of aliphatic carboxylic acids is 3. The molecule has 0 aliphatic carbocycles. The van der Waals surface area contributed by atoms with Crippen LogP contribution in [0.3, 0.4) is 0 Å². The standard InChI is InChI=1S/C94H139N23O30S3/c1-8-10-15-59-84(137)111-66(89(142)100-50(4)79(97)132)42-148-36-32-72(123)114-46-115-48-116(47-114)74(125)45-150-44-68(90(143)105-60(16-11-12-34-95)83(136)101-52(6)81(134)109-65(40-77(130)131)94(147)117-35-14-18-69(117)92(145)108-64(87(140)104-59)39-55-22-26-57(120)27-23-55)112-88(141)63(38-54-20-24-56(119)25-21-54)107-85(138)61(28-30-70(96)121)102-71(122)41-98-82(135)58(17-13-19-75(126)127)103-86(139)62(29-31-76(128)129)106-93(146)78(49(3)9-2)113-91(144)67(43-149-37-33-73(115)124)110-80(133)51(5)99-53(7)118/h20-27,49-52,58-69,78,119-120H,8-19,28-48,95H2,1-7H3,(H2,96,121)(H2,97,132)(H,98,135)(H,99,118)(H,100,142)(H,101,136)(H,102,122)(H,103,139)(H,104,140)(H,105,143)(H,106,146)(H,107,138)(H,108,145)(H,109,134)(H,110,133)(H,111,137)(H,112,141)(H,113,144)(H,126,127)(H,128,129)(H,130,131)/t49-,50-,51-,52-,58-,59-,60-,61-,62-,63-,64-,65-,66-,67-,68-,69-,78-/m0/s1. The van der Waals surface area contributed by atoms with Crippen molar-refractivity contribution in [1.29, 1.82) is 0 Å². The molecule has 4 aliphatic heterocycles. The van der Waals surface area contributed by atoms with E-state index < -0.39 is 358 Å². The summed E-state index contributed by atoms with van der Waals surface area (Å²) in [5, 5.41) is 90.2. The van der Waals surface area contributed by atoms with E-state index in [4.69, 9.17) is 17.2 Å². The van der Waals surface area contributed by atoms with Gasteiger partial charge in [-0.15, -0.1) is 11.8 Å². The van der Waals surface area contributed by atoms with Crippen LogP contribution >= 0.6 is 35.3 Å². The minimum atomic E-state index is -1.99. The van der Waals surface area contributed by atoms with Crippen LogP contribution in [0.4, 0.5) is 0 Å². The Bertz CT molecular complexity index is 5150. The predicted octanol–water partition coefficient (Wildman–Crippen LogP) is -6.57. The minimum Gasteiger partial charge on any atom is -0.508 e. The van der Waals surface area contributed by atoms with Crippen molar-refractivity contribution in [3.63, 3.8) is 0 Å². The molecule has 22 amide bonds. The maximum Gasteiger partial charge on any atom is 0.305 e. The maximum atomic E-state index is 15.5. The van der Waals surface area contributed by atoms with E-state index in [1.807, 2.05) is 0 Å². The van der Waals surface area contributed by atoms with Gasteiger partial charge in [0.05, 0.1) is 38.7 Å². The lowest BCUT2D eigenvalue weighted by molar-refractivity contribution is -0.157. The van der Waals surface area contributed by atoms with Gasteiger partial charge in [-0.1, -0.05) is 64.3 Å². The molecule has 53 nitrogen and oxygen atoms in total. The van der Waals surface area contributed by atoms with Crippen molar-refractivity contribution in [3.05, 3.63) is 59.7 Å². The van der Waals surface area contributed by atoms with Crippen molar-refractivity contribution in [2.75, 3.05) is 74.2 Å². The molecule has 56 heteroatoms. The Hall–Kier alpha value is -14.2. The first-order valence-electron chi connectivity index (χ1n) is 49.1. The number of carboxylic acids is 3. The molecule has 2 aromatic carbocycles. The van der Waals surface area contributed by atoms with Crippen LogP contribution in [0.1, 0.15) is 182 Å². The number of carboxylic acid groups (broad SMARTS) is 3. The molecule has 0 spiro atoms. The summed E-state index contributed by atoms with van der Waals surface area (Å²) in [6, 6.07) is -16.6. The van der Waals surface area contributed by atoms with Crippen molar-refractivity contribution in [2.45, 2.75) is 280 Å². The van der Waals surface area contributed by atoms with Crippen LogP contribution in [0.2, 0.25) is 0 Å². The fraction of sp³-hybridized carbons (Fsp3) is 0.606. The van der Waals surface area contributed by atoms with Gasteiger partial charge in [0.1, 0.15) is 108 Å². The Labute approximate surface area is 877 Å². The van der Waals surface area contributed by atoms with E-state index in [0.29, 0.717) is 23.7 Å². The molecular weight excluding hydrogens is 2030 g/mol. The number of phenols is 2. The lowest BCUT2D eigenvalue weighted by Crippen LogP contribution is -2.61. The summed E-state index contributed by atoms with van der Waals surface area (Å²) >= 11 is 2.42. The van der Waals surface area contributed by atoms with Crippen LogP contribution in [0.5, 0.6) is 11.5 Å². The number of hydrogen-bond acceptors (Lipinski definition) is 31. The third-order valence-corrected chi connectivity index (χ3v) is 27.7. The third-order valence-electron chi connectivity index (χ3n) is 24.6. The van der Waals surface area contributed by atoms with Crippen LogP contribution in [0.15, 0.2) is 48.5 Å². The van der Waals surface area contributed by atoms with Crippen molar-refractivity contribution in [1.82, 2.24) is 105 Å². The van der Waals surface area contributed by atoms with Gasteiger partial charge in [-0.05, 0) is 133 Å². The van der Waals surface area contributed by atoms with Crippen molar-refractivity contribution < 1.29 is 145 Å². The second kappa shape index (κ2) is 62.9. The van der Waals surface area contributed by atoms with Crippen LogP contribution < -0.4 is 102 Å². The molecule has 0 saturated carbocycles. The molecular formula is C94H139N23O30S3. The van der Waals surface area contributed by atoms with Gasteiger partial charge in [0.25, 0.3) is 0 Å². The Kier molecular flexibility index (Phi) is 52.2. The van der Waals surface area contributed by atoms with Gasteiger partial charge < -0.3 is 147 Å². The molecule has 4 bridgehead atoms. The molecule has 4 heterocycles. The van der Waals surface area contributed by atoms with Crippen LogP contribution in [-0.4, -0.2) is 364 Å². The Morgan fingerprint density at radius 2 is 0.960 bits per heavy atom. The van der Waals surface area contributed by atoms with E-state index in [0.717, 1.165) is 57.0 Å². The number of nitrogens with two attached hydrogens (primary N) is 3. The largest absolute Gasteiger partial charge is 0.508 e. The number of carbonyl (C=O) groups is 25. The summed E-state index contributed by atoms with van der Waals surface area (Å²) in [7, 11) is 0. The summed E-state index contributed by atoms with van der Waals surface area (Å²) in [4.78, 5) is 359. The number of benzene rings is 2. The van der Waals surface area contributed by atoms with E-state index in [-0.39, 0.29) is 112 Å². The Morgan fingerprint density at radius 3 is 1.51 bits per heavy atom. The Morgan fingerprint density at radius 1 is 0.473 bits per heavy atom. The molecule has 6 rings (SSSR count). The highest BCUT2D eigenvalue weighted by Gasteiger charge is 2.44. The number of rotatable bonds is 31. The van der Waals surface area contributed by atoms with E-state index >= 15 is 14.4 Å². The number of primary amides is 2. The number of nitrogens with one attached hydrogen (secondary N) is 16. The second-order valence-corrected chi connectivity index (χ2v) is 40.0. The smallest absolute Gasteiger partial charge is 0.305 e. The Balaban J connectivity index is 1.56. The van der Waals surface area contributed by atoms with E-state index in [1.54, 1.807) is 13.8 Å². The molecule has 4 fully saturated rings. The van der Waals surface area contributed by atoms with Gasteiger partial charge in [-0.2, -0.15) is 23.5 Å². The van der Waals surface area contributed by atoms with Crippen LogP contribution in [0, 0.1) is 5.92 Å². The highest BCUT2D eigenvalue weighted by molar-refractivity contribution is 8.00. The van der Waals surface area contributed by atoms with E-state index in [9.17, 15) is 131 Å². The number of aromatic hydroxyl groups is 2. The number of unbranched alkanes of at least 4 members (excludes halogenated alkanes) is 2. The number of nitrogens with zero attached hydrogens (tertiary/aromatic N) is 4. The summed E-state index contributed by atoms with van der Waals surface area (Å²) in [5.41, 5.74) is 17.6.